The van der Waals surface area contributed by atoms with Crippen molar-refractivity contribution < 1.29 is 9.53 Å². The van der Waals surface area contributed by atoms with Gasteiger partial charge in [-0.3, -0.25) is 4.79 Å². The summed E-state index contributed by atoms with van der Waals surface area (Å²) in [6.45, 7) is 2.48. The molecule has 1 amide bonds. The second kappa shape index (κ2) is 7.70. The lowest BCUT2D eigenvalue weighted by atomic mass is 10.2. The van der Waals surface area contributed by atoms with E-state index in [0.29, 0.717) is 33.9 Å². The van der Waals surface area contributed by atoms with E-state index in [1.54, 1.807) is 41.2 Å². The minimum Gasteiger partial charge on any atom is -0.494 e. The first-order chi connectivity index (χ1) is 13.6. The van der Waals surface area contributed by atoms with E-state index in [9.17, 15) is 4.79 Å². The van der Waals surface area contributed by atoms with Gasteiger partial charge < -0.3 is 10.1 Å². The van der Waals surface area contributed by atoms with E-state index in [4.69, 9.17) is 16.3 Å². The SMILES string of the molecule is CCOc1ccc(C(=O)Nc2cc3nn(-c4ccccc4)nc3cc2Cl)cc1. The van der Waals surface area contributed by atoms with Crippen molar-refractivity contribution >= 4 is 34.2 Å². The summed E-state index contributed by atoms with van der Waals surface area (Å²) in [5.74, 6) is 0.454. The third-order valence-corrected chi connectivity index (χ3v) is 4.44. The highest BCUT2D eigenvalue weighted by Crippen LogP contribution is 2.27. The van der Waals surface area contributed by atoms with Gasteiger partial charge in [0.25, 0.3) is 5.91 Å². The van der Waals surface area contributed by atoms with Gasteiger partial charge in [-0.1, -0.05) is 29.8 Å². The molecule has 0 fully saturated rings. The summed E-state index contributed by atoms with van der Waals surface area (Å²) in [5, 5.41) is 12.1. The lowest BCUT2D eigenvalue weighted by molar-refractivity contribution is 0.102. The number of benzene rings is 3. The number of rotatable bonds is 5. The first-order valence-electron chi connectivity index (χ1n) is 8.80. The smallest absolute Gasteiger partial charge is 0.255 e. The Morgan fingerprint density at radius 2 is 1.71 bits per heavy atom. The summed E-state index contributed by atoms with van der Waals surface area (Å²) < 4.78 is 5.39. The largest absolute Gasteiger partial charge is 0.494 e. The van der Waals surface area contributed by atoms with E-state index in [2.05, 4.69) is 15.5 Å². The van der Waals surface area contributed by atoms with Crippen molar-refractivity contribution in [3.63, 3.8) is 0 Å². The third-order valence-electron chi connectivity index (χ3n) is 4.13. The zero-order valence-electron chi connectivity index (χ0n) is 15.1. The average Bonchev–Trinajstić information content (AvgIpc) is 3.12. The van der Waals surface area contributed by atoms with Gasteiger partial charge in [-0.05, 0) is 55.5 Å². The number of anilines is 1. The Labute approximate surface area is 166 Å². The predicted octanol–water partition coefficient (Wildman–Crippen LogP) is 4.72. The second-order valence-electron chi connectivity index (χ2n) is 6.06. The topological polar surface area (TPSA) is 69.0 Å². The average molecular weight is 393 g/mol. The molecule has 0 saturated heterocycles. The molecule has 0 radical (unpaired) electrons. The van der Waals surface area contributed by atoms with Crippen molar-refractivity contribution in [2.75, 3.05) is 11.9 Å². The highest BCUT2D eigenvalue weighted by atomic mass is 35.5. The maximum absolute atomic E-state index is 12.5. The molecule has 28 heavy (non-hydrogen) atoms. The maximum Gasteiger partial charge on any atom is 0.255 e. The van der Waals surface area contributed by atoms with Crippen molar-refractivity contribution in [2.45, 2.75) is 6.92 Å². The van der Waals surface area contributed by atoms with Gasteiger partial charge in [-0.2, -0.15) is 4.80 Å². The van der Waals surface area contributed by atoms with Crippen molar-refractivity contribution in [3.8, 4) is 11.4 Å². The molecule has 1 heterocycles. The van der Waals surface area contributed by atoms with Crippen LogP contribution < -0.4 is 10.1 Å². The number of aromatic nitrogens is 3. The van der Waals surface area contributed by atoms with Crippen LogP contribution in [0.25, 0.3) is 16.7 Å². The normalized spacial score (nSPS) is 10.8. The molecule has 6 nitrogen and oxygen atoms in total. The Bertz CT molecular complexity index is 1120. The molecular formula is C21H17ClN4O2. The minimum absolute atomic E-state index is 0.264. The highest BCUT2D eigenvalue weighted by molar-refractivity contribution is 6.34. The summed E-state index contributed by atoms with van der Waals surface area (Å²) >= 11 is 6.34. The fourth-order valence-corrected chi connectivity index (χ4v) is 2.98. The van der Waals surface area contributed by atoms with E-state index < -0.39 is 0 Å². The van der Waals surface area contributed by atoms with Crippen molar-refractivity contribution in [2.24, 2.45) is 0 Å². The number of ether oxygens (including phenoxy) is 1. The molecule has 1 N–H and O–H groups in total. The van der Waals surface area contributed by atoms with Gasteiger partial charge in [-0.15, -0.1) is 10.2 Å². The van der Waals surface area contributed by atoms with Crippen LogP contribution in [0.15, 0.2) is 66.7 Å². The van der Waals surface area contributed by atoms with Gasteiger partial charge in [0, 0.05) is 5.56 Å². The number of carbonyl (C=O) groups is 1. The Kier molecular flexibility index (Phi) is 4.95. The number of carbonyl (C=O) groups excluding carboxylic acids is 1. The van der Waals surface area contributed by atoms with E-state index in [1.165, 1.54) is 0 Å². The first kappa shape index (κ1) is 18.0. The lowest BCUT2D eigenvalue weighted by Crippen LogP contribution is -2.12. The molecule has 4 rings (SSSR count). The molecule has 0 spiro atoms. The molecule has 140 valence electrons. The summed E-state index contributed by atoms with van der Waals surface area (Å²) in [4.78, 5) is 14.1. The van der Waals surface area contributed by atoms with Crippen LogP contribution in [0.3, 0.4) is 0 Å². The van der Waals surface area contributed by atoms with Crippen LogP contribution in [0.5, 0.6) is 5.75 Å². The van der Waals surface area contributed by atoms with Gasteiger partial charge in [0.05, 0.1) is 23.0 Å². The number of para-hydroxylation sites is 1. The monoisotopic (exact) mass is 392 g/mol. The number of nitrogens with one attached hydrogen (secondary N) is 1. The standard InChI is InChI=1S/C21H17ClN4O2/c1-2-28-16-10-8-14(9-11-16)21(27)23-18-13-20-19(12-17(18)22)24-26(25-20)15-6-4-3-5-7-15/h3-13H,2H2,1H3,(H,23,27). The van der Waals surface area contributed by atoms with Crippen LogP contribution >= 0.6 is 11.6 Å². The molecule has 0 aliphatic rings. The third kappa shape index (κ3) is 3.68. The zero-order valence-corrected chi connectivity index (χ0v) is 15.8. The number of fused-ring (bicyclic) bond motifs is 1. The molecule has 0 saturated carbocycles. The van der Waals surface area contributed by atoms with Crippen LogP contribution in [-0.4, -0.2) is 27.5 Å². The number of nitrogens with zero attached hydrogens (tertiary/aromatic N) is 3. The second-order valence-corrected chi connectivity index (χ2v) is 6.46. The van der Waals surface area contributed by atoms with Gasteiger partial charge >= 0.3 is 0 Å². The number of amides is 1. The highest BCUT2D eigenvalue weighted by Gasteiger charge is 2.13. The van der Waals surface area contributed by atoms with Crippen molar-refractivity contribution in [1.82, 2.24) is 15.0 Å². The Morgan fingerprint density at radius 1 is 1.04 bits per heavy atom. The Morgan fingerprint density at radius 3 is 2.39 bits per heavy atom. The number of hydrogen-bond donors (Lipinski definition) is 1. The lowest BCUT2D eigenvalue weighted by Gasteiger charge is -2.08. The maximum atomic E-state index is 12.5. The number of hydrogen-bond acceptors (Lipinski definition) is 4. The Balaban J connectivity index is 1.59. The predicted molar refractivity (Wildman–Crippen MR) is 109 cm³/mol. The molecule has 0 atom stereocenters. The fourth-order valence-electron chi connectivity index (χ4n) is 2.77. The van der Waals surface area contributed by atoms with E-state index in [0.717, 1.165) is 11.4 Å². The number of halogens is 1. The summed E-state index contributed by atoms with van der Waals surface area (Å²) in [6, 6.07) is 19.9. The van der Waals surface area contributed by atoms with Crippen LogP contribution in [0.1, 0.15) is 17.3 Å². The Hall–Kier alpha value is -3.38. The minimum atomic E-state index is -0.264. The quantitative estimate of drug-likeness (QED) is 0.533. The van der Waals surface area contributed by atoms with Crippen LogP contribution in [0.2, 0.25) is 5.02 Å². The molecule has 0 unspecified atom stereocenters. The zero-order chi connectivity index (χ0) is 19.5. The van der Waals surface area contributed by atoms with Gasteiger partial charge in [0.1, 0.15) is 16.8 Å². The van der Waals surface area contributed by atoms with Crippen molar-refractivity contribution in [3.05, 3.63) is 77.3 Å². The van der Waals surface area contributed by atoms with Crippen LogP contribution in [0, 0.1) is 0 Å². The van der Waals surface area contributed by atoms with Gasteiger partial charge in [0.15, 0.2) is 0 Å². The molecule has 0 aliphatic carbocycles. The molecule has 0 aliphatic heterocycles. The fraction of sp³-hybridized carbons (Fsp3) is 0.0952. The molecule has 0 bridgehead atoms. The van der Waals surface area contributed by atoms with Crippen LogP contribution in [-0.2, 0) is 0 Å². The molecule has 1 aromatic heterocycles. The van der Waals surface area contributed by atoms with E-state index in [-0.39, 0.29) is 5.91 Å². The molecule has 3 aromatic carbocycles. The van der Waals surface area contributed by atoms with Crippen LogP contribution in [0.4, 0.5) is 5.69 Å². The van der Waals surface area contributed by atoms with Gasteiger partial charge in [0.2, 0.25) is 0 Å². The van der Waals surface area contributed by atoms with E-state index >= 15 is 0 Å². The molecular weight excluding hydrogens is 376 g/mol. The first-order valence-corrected chi connectivity index (χ1v) is 9.18. The summed E-state index contributed by atoms with van der Waals surface area (Å²) in [5.41, 5.74) is 3.11. The molecule has 4 aromatic rings. The van der Waals surface area contributed by atoms with Crippen molar-refractivity contribution in [1.29, 1.82) is 0 Å². The van der Waals surface area contributed by atoms with Gasteiger partial charge in [-0.25, -0.2) is 0 Å². The molecule has 7 heteroatoms. The van der Waals surface area contributed by atoms with E-state index in [1.807, 2.05) is 37.3 Å². The summed E-state index contributed by atoms with van der Waals surface area (Å²) in [6.07, 6.45) is 0. The summed E-state index contributed by atoms with van der Waals surface area (Å²) in [7, 11) is 0.